The van der Waals surface area contributed by atoms with Crippen molar-refractivity contribution >= 4 is 11.2 Å². The van der Waals surface area contributed by atoms with Gasteiger partial charge in [-0.3, -0.25) is 13.9 Å². The van der Waals surface area contributed by atoms with Crippen LogP contribution in [-0.2, 0) is 26.6 Å². The van der Waals surface area contributed by atoms with Gasteiger partial charge in [-0.1, -0.05) is 20.3 Å². The lowest BCUT2D eigenvalue weighted by Gasteiger charge is -2.10. The SMILES string of the molecule is CCCCn1c(=O)n(CCN)c(=O)c2c1nc(CC)n2C. The Balaban J connectivity index is 2.85. The van der Waals surface area contributed by atoms with Crippen LogP contribution in [0.4, 0.5) is 0 Å². The molecule has 2 aromatic heterocycles. The highest BCUT2D eigenvalue weighted by atomic mass is 16.2. The Kier molecular flexibility index (Phi) is 4.62. The van der Waals surface area contributed by atoms with Gasteiger partial charge in [0.25, 0.3) is 5.56 Å². The Morgan fingerprint density at radius 2 is 1.86 bits per heavy atom. The van der Waals surface area contributed by atoms with Crippen LogP contribution in [0.2, 0.25) is 0 Å². The Morgan fingerprint density at radius 1 is 1.14 bits per heavy atom. The molecule has 0 aromatic carbocycles. The van der Waals surface area contributed by atoms with Gasteiger partial charge >= 0.3 is 5.69 Å². The Labute approximate surface area is 123 Å². The predicted molar refractivity (Wildman–Crippen MR) is 82.6 cm³/mol. The van der Waals surface area contributed by atoms with E-state index < -0.39 is 0 Å². The minimum atomic E-state index is -0.313. The number of nitrogens with two attached hydrogens (primary N) is 1. The van der Waals surface area contributed by atoms with Crippen LogP contribution in [0.5, 0.6) is 0 Å². The molecule has 21 heavy (non-hydrogen) atoms. The van der Waals surface area contributed by atoms with Crippen molar-refractivity contribution in [1.82, 2.24) is 18.7 Å². The van der Waals surface area contributed by atoms with E-state index >= 15 is 0 Å². The van der Waals surface area contributed by atoms with E-state index in [-0.39, 0.29) is 24.3 Å². The first kappa shape index (κ1) is 15.5. The fourth-order valence-electron chi connectivity index (χ4n) is 2.57. The van der Waals surface area contributed by atoms with Crippen molar-refractivity contribution in [3.8, 4) is 0 Å². The number of fused-ring (bicyclic) bond motifs is 1. The zero-order valence-electron chi connectivity index (χ0n) is 12.9. The topological polar surface area (TPSA) is 87.8 Å². The molecule has 0 atom stereocenters. The maximum atomic E-state index is 12.5. The monoisotopic (exact) mass is 293 g/mol. The largest absolute Gasteiger partial charge is 0.332 e. The zero-order valence-corrected chi connectivity index (χ0v) is 12.9. The molecule has 0 saturated carbocycles. The highest BCUT2D eigenvalue weighted by Gasteiger charge is 2.18. The molecule has 0 aliphatic heterocycles. The van der Waals surface area contributed by atoms with Crippen LogP contribution < -0.4 is 17.0 Å². The average Bonchev–Trinajstić information content (AvgIpc) is 2.80. The molecule has 116 valence electrons. The number of rotatable bonds is 6. The van der Waals surface area contributed by atoms with Crippen LogP contribution in [0.1, 0.15) is 32.5 Å². The van der Waals surface area contributed by atoms with Crippen LogP contribution >= 0.6 is 0 Å². The van der Waals surface area contributed by atoms with Gasteiger partial charge in [0, 0.05) is 33.1 Å². The van der Waals surface area contributed by atoms with E-state index in [4.69, 9.17) is 5.73 Å². The molecule has 2 rings (SSSR count). The third-order valence-electron chi connectivity index (χ3n) is 3.74. The van der Waals surface area contributed by atoms with Crippen LogP contribution in [-0.4, -0.2) is 25.2 Å². The normalized spacial score (nSPS) is 11.4. The number of nitrogens with zero attached hydrogens (tertiary/aromatic N) is 4. The fourth-order valence-corrected chi connectivity index (χ4v) is 2.57. The van der Waals surface area contributed by atoms with Crippen LogP contribution in [0.15, 0.2) is 9.59 Å². The number of unbranched alkanes of at least 4 members (excludes halogenated alkanes) is 1. The van der Waals surface area contributed by atoms with E-state index in [2.05, 4.69) is 11.9 Å². The third kappa shape index (κ3) is 2.53. The van der Waals surface area contributed by atoms with Crippen LogP contribution in [0, 0.1) is 0 Å². The first-order chi connectivity index (χ1) is 10.1. The Hall–Kier alpha value is -1.89. The van der Waals surface area contributed by atoms with Crippen LogP contribution in [0.25, 0.3) is 11.2 Å². The summed E-state index contributed by atoms with van der Waals surface area (Å²) in [7, 11) is 1.82. The van der Waals surface area contributed by atoms with Crippen molar-refractivity contribution in [3.05, 3.63) is 26.7 Å². The van der Waals surface area contributed by atoms with Crippen molar-refractivity contribution in [1.29, 1.82) is 0 Å². The molecular formula is C14H23N5O2. The molecular weight excluding hydrogens is 270 g/mol. The number of imidazole rings is 1. The molecule has 0 aliphatic rings. The lowest BCUT2D eigenvalue weighted by molar-refractivity contribution is 0.551. The molecule has 2 aromatic rings. The van der Waals surface area contributed by atoms with E-state index in [0.29, 0.717) is 24.1 Å². The van der Waals surface area contributed by atoms with Crippen molar-refractivity contribution in [3.63, 3.8) is 0 Å². The van der Waals surface area contributed by atoms with Gasteiger partial charge in [-0.15, -0.1) is 0 Å². The second kappa shape index (κ2) is 6.26. The average molecular weight is 293 g/mol. The first-order valence-corrected chi connectivity index (χ1v) is 7.45. The summed E-state index contributed by atoms with van der Waals surface area (Å²) in [6, 6.07) is 0. The zero-order chi connectivity index (χ0) is 15.6. The molecule has 0 unspecified atom stereocenters. The molecule has 7 nitrogen and oxygen atoms in total. The van der Waals surface area contributed by atoms with E-state index in [1.165, 1.54) is 4.57 Å². The molecule has 7 heteroatoms. The molecule has 0 amide bonds. The van der Waals surface area contributed by atoms with Gasteiger partial charge < -0.3 is 10.3 Å². The minimum absolute atomic E-state index is 0.229. The van der Waals surface area contributed by atoms with E-state index in [0.717, 1.165) is 18.7 Å². The summed E-state index contributed by atoms with van der Waals surface area (Å²) in [5, 5.41) is 0. The number of hydrogen-bond acceptors (Lipinski definition) is 4. The molecule has 0 aliphatic carbocycles. The smallest absolute Gasteiger partial charge is 0.329 e. The molecule has 0 spiro atoms. The van der Waals surface area contributed by atoms with E-state index in [1.54, 1.807) is 9.13 Å². The highest BCUT2D eigenvalue weighted by Crippen LogP contribution is 2.11. The Morgan fingerprint density at radius 3 is 2.43 bits per heavy atom. The molecule has 0 radical (unpaired) electrons. The quantitative estimate of drug-likeness (QED) is 0.825. The summed E-state index contributed by atoms with van der Waals surface area (Å²) in [6.45, 7) is 5.10. The first-order valence-electron chi connectivity index (χ1n) is 7.45. The molecule has 0 bridgehead atoms. The maximum absolute atomic E-state index is 12.5. The number of aromatic nitrogens is 4. The molecule has 2 N–H and O–H groups in total. The summed E-state index contributed by atoms with van der Waals surface area (Å²) < 4.78 is 4.61. The molecule has 2 heterocycles. The summed E-state index contributed by atoms with van der Waals surface area (Å²) in [4.78, 5) is 29.6. The third-order valence-corrected chi connectivity index (χ3v) is 3.74. The van der Waals surface area contributed by atoms with Gasteiger partial charge in [-0.2, -0.15) is 0 Å². The minimum Gasteiger partial charge on any atom is -0.329 e. The Bertz CT molecular complexity index is 753. The summed E-state index contributed by atoms with van der Waals surface area (Å²) in [5.74, 6) is 0.803. The summed E-state index contributed by atoms with van der Waals surface area (Å²) in [5.41, 5.74) is 5.89. The molecule has 0 saturated heterocycles. The second-order valence-electron chi connectivity index (χ2n) is 5.15. The van der Waals surface area contributed by atoms with E-state index in [9.17, 15) is 9.59 Å². The van der Waals surface area contributed by atoms with Gasteiger partial charge in [0.15, 0.2) is 11.2 Å². The van der Waals surface area contributed by atoms with Gasteiger partial charge in [-0.05, 0) is 6.42 Å². The van der Waals surface area contributed by atoms with Crippen molar-refractivity contribution in [2.24, 2.45) is 12.8 Å². The summed E-state index contributed by atoms with van der Waals surface area (Å²) >= 11 is 0. The van der Waals surface area contributed by atoms with Gasteiger partial charge in [0.2, 0.25) is 0 Å². The van der Waals surface area contributed by atoms with Crippen molar-refractivity contribution in [2.45, 2.75) is 46.2 Å². The van der Waals surface area contributed by atoms with Gasteiger partial charge in [0.05, 0.1) is 0 Å². The van der Waals surface area contributed by atoms with E-state index in [1.807, 2.05) is 14.0 Å². The maximum Gasteiger partial charge on any atom is 0.332 e. The molecule has 0 fully saturated rings. The number of aryl methyl sites for hydroxylation is 3. The van der Waals surface area contributed by atoms with Crippen molar-refractivity contribution < 1.29 is 0 Å². The van der Waals surface area contributed by atoms with Crippen LogP contribution in [0.3, 0.4) is 0 Å². The highest BCUT2D eigenvalue weighted by molar-refractivity contribution is 5.71. The summed E-state index contributed by atoms with van der Waals surface area (Å²) in [6.07, 6.45) is 2.55. The van der Waals surface area contributed by atoms with Gasteiger partial charge in [0.1, 0.15) is 5.82 Å². The lowest BCUT2D eigenvalue weighted by atomic mass is 10.3. The lowest BCUT2D eigenvalue weighted by Crippen LogP contribution is -2.42. The predicted octanol–water partition coefficient (Wildman–Crippen LogP) is 0.218. The van der Waals surface area contributed by atoms with Gasteiger partial charge in [-0.25, -0.2) is 9.78 Å². The van der Waals surface area contributed by atoms with Crippen molar-refractivity contribution in [2.75, 3.05) is 6.54 Å². The second-order valence-corrected chi connectivity index (χ2v) is 5.15. The fraction of sp³-hybridized carbons (Fsp3) is 0.643. The standard InChI is InChI=1S/C14H23N5O2/c1-4-6-8-18-12-11(17(3)10(5-2)16-12)13(20)19(9-7-15)14(18)21/h4-9,15H2,1-3H3. The number of hydrogen-bond donors (Lipinski definition) is 1.